The summed E-state index contributed by atoms with van der Waals surface area (Å²) in [7, 11) is 0. The number of non-ortho nitro benzene ring substituents is 1. The van der Waals surface area contributed by atoms with Crippen molar-refractivity contribution in [2.45, 2.75) is 13.0 Å². The van der Waals surface area contributed by atoms with E-state index in [-0.39, 0.29) is 28.2 Å². The van der Waals surface area contributed by atoms with Gasteiger partial charge < -0.3 is 5.32 Å². The molecule has 0 spiro atoms. The molecule has 0 aliphatic rings. The first-order valence-electron chi connectivity index (χ1n) is 6.39. The van der Waals surface area contributed by atoms with Gasteiger partial charge in [0, 0.05) is 16.6 Å². The summed E-state index contributed by atoms with van der Waals surface area (Å²) in [6.07, 6.45) is 0. The molecule has 7 heteroatoms. The highest BCUT2D eigenvalue weighted by Crippen LogP contribution is 2.25. The van der Waals surface area contributed by atoms with Crippen molar-refractivity contribution >= 4 is 39.1 Å². The van der Waals surface area contributed by atoms with E-state index in [9.17, 15) is 14.9 Å². The van der Waals surface area contributed by atoms with Gasteiger partial charge in [0.2, 0.25) is 0 Å². The number of benzene rings is 2. The Balaban J connectivity index is 2.19. The molecule has 1 amide bonds. The minimum absolute atomic E-state index is 0.0472. The Hall–Kier alpha value is -1.92. The first kappa shape index (κ1) is 16.5. The standard InChI is InChI=1S/C15H12BrClN2O3/c1-9(11-4-2-3-5-13(11)16)18-15(20)12-7-6-10(19(21)22)8-14(12)17/h2-9H,1H3,(H,18,20)/t9-/m1/s1. The van der Waals surface area contributed by atoms with Gasteiger partial charge in [-0.3, -0.25) is 14.9 Å². The van der Waals surface area contributed by atoms with Crippen LogP contribution in [0, 0.1) is 10.1 Å². The highest BCUT2D eigenvalue weighted by molar-refractivity contribution is 9.10. The van der Waals surface area contributed by atoms with Crippen LogP contribution in [0.5, 0.6) is 0 Å². The zero-order chi connectivity index (χ0) is 16.3. The molecule has 0 saturated carbocycles. The number of nitro benzene ring substituents is 1. The zero-order valence-corrected chi connectivity index (χ0v) is 13.9. The van der Waals surface area contributed by atoms with Gasteiger partial charge in [0.25, 0.3) is 11.6 Å². The molecule has 0 unspecified atom stereocenters. The van der Waals surface area contributed by atoms with Crippen molar-refractivity contribution < 1.29 is 9.72 Å². The minimum Gasteiger partial charge on any atom is -0.345 e. The van der Waals surface area contributed by atoms with E-state index in [0.29, 0.717) is 0 Å². The molecule has 0 heterocycles. The number of nitro groups is 1. The van der Waals surface area contributed by atoms with Crippen LogP contribution in [-0.4, -0.2) is 10.8 Å². The second-order valence-corrected chi connectivity index (χ2v) is 5.90. The molecule has 0 bridgehead atoms. The maximum atomic E-state index is 12.3. The van der Waals surface area contributed by atoms with Crippen LogP contribution in [0.4, 0.5) is 5.69 Å². The quantitative estimate of drug-likeness (QED) is 0.624. The minimum atomic E-state index is -0.558. The third kappa shape index (κ3) is 3.64. The van der Waals surface area contributed by atoms with Gasteiger partial charge in [-0.15, -0.1) is 0 Å². The Bertz CT molecular complexity index is 736. The number of nitrogens with one attached hydrogen (secondary N) is 1. The van der Waals surface area contributed by atoms with Gasteiger partial charge >= 0.3 is 0 Å². The van der Waals surface area contributed by atoms with Crippen molar-refractivity contribution in [2.24, 2.45) is 0 Å². The highest BCUT2D eigenvalue weighted by atomic mass is 79.9. The summed E-state index contributed by atoms with van der Waals surface area (Å²) in [5.74, 6) is -0.386. The van der Waals surface area contributed by atoms with Crippen LogP contribution in [0.2, 0.25) is 5.02 Å². The van der Waals surface area contributed by atoms with E-state index in [1.165, 1.54) is 18.2 Å². The second-order valence-electron chi connectivity index (χ2n) is 4.64. The van der Waals surface area contributed by atoms with Crippen LogP contribution in [0.15, 0.2) is 46.9 Å². The summed E-state index contributed by atoms with van der Waals surface area (Å²) in [5.41, 5.74) is 0.973. The molecule has 0 saturated heterocycles. The van der Waals surface area contributed by atoms with E-state index in [1.54, 1.807) is 0 Å². The molecule has 0 aliphatic carbocycles. The van der Waals surface area contributed by atoms with Gasteiger partial charge in [-0.2, -0.15) is 0 Å². The van der Waals surface area contributed by atoms with Gasteiger partial charge in [-0.05, 0) is 24.6 Å². The molecule has 1 atom stereocenters. The van der Waals surface area contributed by atoms with Crippen molar-refractivity contribution in [2.75, 3.05) is 0 Å². The zero-order valence-electron chi connectivity index (χ0n) is 11.5. The fourth-order valence-corrected chi connectivity index (χ4v) is 2.87. The van der Waals surface area contributed by atoms with Gasteiger partial charge in [0.05, 0.1) is 21.6 Å². The van der Waals surface area contributed by atoms with Crippen LogP contribution in [0.1, 0.15) is 28.9 Å². The summed E-state index contributed by atoms with van der Waals surface area (Å²) in [5, 5.41) is 13.5. The second kappa shape index (κ2) is 6.89. The lowest BCUT2D eigenvalue weighted by Gasteiger charge is -2.16. The summed E-state index contributed by atoms with van der Waals surface area (Å²) in [4.78, 5) is 22.4. The number of halogens is 2. The Morgan fingerprint density at radius 3 is 2.59 bits per heavy atom. The normalized spacial score (nSPS) is 11.8. The molecule has 2 aromatic carbocycles. The van der Waals surface area contributed by atoms with Crippen molar-refractivity contribution in [1.82, 2.24) is 5.32 Å². The average molecular weight is 384 g/mol. The number of hydrogen-bond donors (Lipinski definition) is 1. The summed E-state index contributed by atoms with van der Waals surface area (Å²) >= 11 is 9.39. The van der Waals surface area contributed by atoms with Crippen LogP contribution in [-0.2, 0) is 0 Å². The van der Waals surface area contributed by atoms with Crippen LogP contribution in [0.3, 0.4) is 0 Å². The van der Waals surface area contributed by atoms with Crippen LogP contribution >= 0.6 is 27.5 Å². The largest absolute Gasteiger partial charge is 0.345 e. The number of nitrogens with zero attached hydrogens (tertiary/aromatic N) is 1. The first-order valence-corrected chi connectivity index (χ1v) is 7.56. The highest BCUT2D eigenvalue weighted by Gasteiger charge is 2.18. The van der Waals surface area contributed by atoms with E-state index in [0.717, 1.165) is 10.0 Å². The van der Waals surface area contributed by atoms with Crippen molar-refractivity contribution in [3.05, 3.63) is 73.2 Å². The third-order valence-electron chi connectivity index (χ3n) is 3.13. The molecule has 0 radical (unpaired) electrons. The summed E-state index contributed by atoms with van der Waals surface area (Å²) in [6.45, 7) is 1.84. The Morgan fingerprint density at radius 2 is 2.00 bits per heavy atom. The van der Waals surface area contributed by atoms with Crippen molar-refractivity contribution in [3.8, 4) is 0 Å². The first-order chi connectivity index (χ1) is 10.4. The average Bonchev–Trinajstić information content (AvgIpc) is 2.47. The van der Waals surface area contributed by atoms with Gasteiger partial charge in [-0.1, -0.05) is 45.7 Å². The molecule has 2 aromatic rings. The number of carbonyl (C=O) groups is 1. The fraction of sp³-hybridized carbons (Fsp3) is 0.133. The van der Waals surface area contributed by atoms with Crippen molar-refractivity contribution in [3.63, 3.8) is 0 Å². The number of hydrogen-bond acceptors (Lipinski definition) is 3. The number of rotatable bonds is 4. The molecule has 5 nitrogen and oxygen atoms in total. The smallest absolute Gasteiger partial charge is 0.270 e. The van der Waals surface area contributed by atoms with E-state index in [1.807, 2.05) is 31.2 Å². The van der Waals surface area contributed by atoms with Crippen LogP contribution in [0.25, 0.3) is 0 Å². The molecular formula is C15H12BrClN2O3. The van der Waals surface area contributed by atoms with Gasteiger partial charge in [0.15, 0.2) is 0 Å². The predicted octanol–water partition coefficient (Wildman–Crippen LogP) is 4.50. The third-order valence-corrected chi connectivity index (χ3v) is 4.16. The van der Waals surface area contributed by atoms with E-state index >= 15 is 0 Å². The van der Waals surface area contributed by atoms with Gasteiger partial charge in [-0.25, -0.2) is 0 Å². The van der Waals surface area contributed by atoms with Crippen molar-refractivity contribution in [1.29, 1.82) is 0 Å². The summed E-state index contributed by atoms with van der Waals surface area (Å²) < 4.78 is 0.887. The Morgan fingerprint density at radius 1 is 1.32 bits per heavy atom. The monoisotopic (exact) mass is 382 g/mol. The Kier molecular flexibility index (Phi) is 5.15. The van der Waals surface area contributed by atoms with Gasteiger partial charge in [0.1, 0.15) is 0 Å². The lowest BCUT2D eigenvalue weighted by Crippen LogP contribution is -2.27. The number of amides is 1. The molecule has 22 heavy (non-hydrogen) atoms. The Labute approximate surface area is 140 Å². The van der Waals surface area contributed by atoms with E-state index in [4.69, 9.17) is 11.6 Å². The van der Waals surface area contributed by atoms with E-state index < -0.39 is 4.92 Å². The topological polar surface area (TPSA) is 72.2 Å². The van der Waals surface area contributed by atoms with Crippen LogP contribution < -0.4 is 5.32 Å². The summed E-state index contributed by atoms with van der Waals surface area (Å²) in [6, 6.07) is 11.1. The lowest BCUT2D eigenvalue weighted by molar-refractivity contribution is -0.384. The molecule has 0 aliphatic heterocycles. The number of carbonyl (C=O) groups excluding carboxylic acids is 1. The molecule has 0 fully saturated rings. The maximum Gasteiger partial charge on any atom is 0.270 e. The molecule has 114 valence electrons. The predicted molar refractivity (Wildman–Crippen MR) is 88.1 cm³/mol. The molecule has 2 rings (SSSR count). The maximum absolute atomic E-state index is 12.3. The fourth-order valence-electron chi connectivity index (χ4n) is 1.98. The molecule has 0 aromatic heterocycles. The lowest BCUT2D eigenvalue weighted by atomic mass is 10.1. The molecular weight excluding hydrogens is 372 g/mol. The molecule has 1 N–H and O–H groups in total. The SMILES string of the molecule is C[C@@H](NC(=O)c1ccc([N+](=O)[O-])cc1Cl)c1ccccc1Br. The van der Waals surface area contributed by atoms with E-state index in [2.05, 4.69) is 21.2 Å².